The summed E-state index contributed by atoms with van der Waals surface area (Å²) in [5.41, 5.74) is 0.394. The number of hydrogen-bond acceptors (Lipinski definition) is 2. The second-order valence-electron chi connectivity index (χ2n) is 5.92. The Hall–Kier alpha value is -0.0800. The lowest BCUT2D eigenvalue weighted by atomic mass is 9.89. The SMILES string of the molecule is CC1CCCN(CC2(C)CCCN2)C1C. The highest BCUT2D eigenvalue weighted by Gasteiger charge is 2.34. The van der Waals surface area contributed by atoms with Gasteiger partial charge in [0.2, 0.25) is 0 Å². The quantitative estimate of drug-likeness (QED) is 0.752. The Morgan fingerprint density at radius 1 is 1.33 bits per heavy atom. The van der Waals surface area contributed by atoms with E-state index >= 15 is 0 Å². The monoisotopic (exact) mass is 210 g/mol. The Labute approximate surface area is 94.4 Å². The Morgan fingerprint density at radius 3 is 2.80 bits per heavy atom. The fourth-order valence-electron chi connectivity index (χ4n) is 3.18. The van der Waals surface area contributed by atoms with E-state index in [2.05, 4.69) is 31.0 Å². The Balaban J connectivity index is 1.92. The lowest BCUT2D eigenvalue weighted by Gasteiger charge is -2.42. The number of nitrogens with zero attached hydrogens (tertiary/aromatic N) is 1. The highest BCUT2D eigenvalue weighted by molar-refractivity contribution is 4.93. The van der Waals surface area contributed by atoms with Gasteiger partial charge in [-0.1, -0.05) is 6.92 Å². The highest BCUT2D eigenvalue weighted by Crippen LogP contribution is 2.27. The Bertz CT molecular complexity index is 209. The fraction of sp³-hybridized carbons (Fsp3) is 1.00. The predicted molar refractivity (Wildman–Crippen MR) is 65.1 cm³/mol. The summed E-state index contributed by atoms with van der Waals surface area (Å²) in [5.74, 6) is 0.878. The van der Waals surface area contributed by atoms with Gasteiger partial charge in [0.25, 0.3) is 0 Å². The molecule has 0 radical (unpaired) electrons. The normalized spacial score (nSPS) is 43.4. The zero-order valence-corrected chi connectivity index (χ0v) is 10.6. The number of nitrogens with one attached hydrogen (secondary N) is 1. The van der Waals surface area contributed by atoms with Crippen molar-refractivity contribution in [1.29, 1.82) is 0 Å². The van der Waals surface area contributed by atoms with Crippen molar-refractivity contribution in [3.05, 3.63) is 0 Å². The molecule has 3 atom stereocenters. The van der Waals surface area contributed by atoms with Crippen molar-refractivity contribution >= 4 is 0 Å². The van der Waals surface area contributed by atoms with Gasteiger partial charge < -0.3 is 5.32 Å². The van der Waals surface area contributed by atoms with Gasteiger partial charge in [-0.3, -0.25) is 4.90 Å². The van der Waals surface area contributed by atoms with Gasteiger partial charge in [0.05, 0.1) is 0 Å². The van der Waals surface area contributed by atoms with E-state index in [1.165, 1.54) is 45.3 Å². The Morgan fingerprint density at radius 2 is 2.13 bits per heavy atom. The van der Waals surface area contributed by atoms with Crippen LogP contribution in [0.5, 0.6) is 0 Å². The first-order valence-electron chi connectivity index (χ1n) is 6.60. The molecule has 2 heteroatoms. The van der Waals surface area contributed by atoms with Gasteiger partial charge in [-0.25, -0.2) is 0 Å². The average Bonchev–Trinajstić information content (AvgIpc) is 2.60. The van der Waals surface area contributed by atoms with Gasteiger partial charge in [-0.05, 0) is 58.5 Å². The molecule has 0 aromatic heterocycles. The van der Waals surface area contributed by atoms with E-state index in [-0.39, 0.29) is 0 Å². The summed E-state index contributed by atoms with van der Waals surface area (Å²) < 4.78 is 0. The fourth-order valence-corrected chi connectivity index (χ4v) is 3.18. The zero-order valence-electron chi connectivity index (χ0n) is 10.6. The molecule has 15 heavy (non-hydrogen) atoms. The molecule has 0 saturated carbocycles. The lowest BCUT2D eigenvalue weighted by Crippen LogP contribution is -2.53. The van der Waals surface area contributed by atoms with E-state index in [0.29, 0.717) is 5.54 Å². The summed E-state index contributed by atoms with van der Waals surface area (Å²) in [4.78, 5) is 2.70. The molecule has 0 aromatic carbocycles. The van der Waals surface area contributed by atoms with Gasteiger partial charge in [-0.2, -0.15) is 0 Å². The standard InChI is InChI=1S/C13H26N2/c1-11-6-4-9-15(12(11)2)10-13(3)7-5-8-14-13/h11-12,14H,4-10H2,1-3H3. The van der Waals surface area contributed by atoms with Crippen LogP contribution in [-0.4, -0.2) is 36.1 Å². The molecule has 2 aliphatic rings. The molecule has 2 fully saturated rings. The summed E-state index contributed by atoms with van der Waals surface area (Å²) in [6.45, 7) is 11.0. The van der Waals surface area contributed by atoms with Crippen LogP contribution in [0.2, 0.25) is 0 Å². The second-order valence-corrected chi connectivity index (χ2v) is 5.92. The minimum absolute atomic E-state index is 0.394. The molecular weight excluding hydrogens is 184 g/mol. The largest absolute Gasteiger partial charge is 0.310 e. The summed E-state index contributed by atoms with van der Waals surface area (Å²) in [5, 5.41) is 3.67. The van der Waals surface area contributed by atoms with Gasteiger partial charge in [-0.15, -0.1) is 0 Å². The van der Waals surface area contributed by atoms with Crippen molar-refractivity contribution in [2.45, 2.75) is 58.0 Å². The highest BCUT2D eigenvalue weighted by atomic mass is 15.2. The van der Waals surface area contributed by atoms with Gasteiger partial charge in [0.1, 0.15) is 0 Å². The average molecular weight is 210 g/mol. The number of rotatable bonds is 2. The second kappa shape index (κ2) is 4.42. The molecule has 2 rings (SSSR count). The topological polar surface area (TPSA) is 15.3 Å². The molecule has 1 N–H and O–H groups in total. The summed E-state index contributed by atoms with van der Waals surface area (Å²) in [6, 6.07) is 0.776. The van der Waals surface area contributed by atoms with Gasteiger partial charge >= 0.3 is 0 Å². The van der Waals surface area contributed by atoms with Crippen molar-refractivity contribution in [2.75, 3.05) is 19.6 Å². The molecule has 2 heterocycles. The minimum atomic E-state index is 0.394. The number of likely N-dealkylation sites (tertiary alicyclic amines) is 1. The van der Waals surface area contributed by atoms with Crippen molar-refractivity contribution in [1.82, 2.24) is 10.2 Å². The van der Waals surface area contributed by atoms with E-state index in [9.17, 15) is 0 Å². The van der Waals surface area contributed by atoms with Crippen molar-refractivity contribution in [2.24, 2.45) is 5.92 Å². The molecule has 0 aromatic rings. The van der Waals surface area contributed by atoms with Crippen LogP contribution in [0, 0.1) is 5.92 Å². The molecule has 0 aliphatic carbocycles. The first-order valence-corrected chi connectivity index (χ1v) is 6.60. The molecule has 2 saturated heterocycles. The first-order chi connectivity index (χ1) is 7.11. The molecule has 0 bridgehead atoms. The first kappa shape index (κ1) is 11.4. The van der Waals surface area contributed by atoms with Crippen LogP contribution in [0.3, 0.4) is 0 Å². The third-order valence-electron chi connectivity index (χ3n) is 4.51. The summed E-state index contributed by atoms with van der Waals surface area (Å²) in [7, 11) is 0. The molecule has 2 aliphatic heterocycles. The van der Waals surface area contributed by atoms with Crippen molar-refractivity contribution < 1.29 is 0 Å². The molecule has 3 unspecified atom stereocenters. The van der Waals surface area contributed by atoms with E-state index in [1.54, 1.807) is 0 Å². The molecule has 0 amide bonds. The van der Waals surface area contributed by atoms with Crippen LogP contribution in [0.4, 0.5) is 0 Å². The van der Waals surface area contributed by atoms with Crippen LogP contribution in [0.1, 0.15) is 46.5 Å². The van der Waals surface area contributed by atoms with E-state index in [1.807, 2.05) is 0 Å². The number of hydrogen-bond donors (Lipinski definition) is 1. The van der Waals surface area contributed by atoms with E-state index < -0.39 is 0 Å². The molecule has 2 nitrogen and oxygen atoms in total. The van der Waals surface area contributed by atoms with Crippen LogP contribution in [0.15, 0.2) is 0 Å². The maximum atomic E-state index is 3.67. The summed E-state index contributed by atoms with van der Waals surface area (Å²) >= 11 is 0. The van der Waals surface area contributed by atoms with E-state index in [0.717, 1.165) is 12.0 Å². The zero-order chi connectivity index (χ0) is 10.9. The third kappa shape index (κ3) is 2.54. The van der Waals surface area contributed by atoms with Gasteiger partial charge in [0.15, 0.2) is 0 Å². The van der Waals surface area contributed by atoms with E-state index in [4.69, 9.17) is 0 Å². The molecule has 88 valence electrons. The van der Waals surface area contributed by atoms with Crippen LogP contribution in [0.25, 0.3) is 0 Å². The molecule has 0 spiro atoms. The maximum absolute atomic E-state index is 3.67. The van der Waals surface area contributed by atoms with Crippen LogP contribution < -0.4 is 5.32 Å². The lowest BCUT2D eigenvalue weighted by molar-refractivity contribution is 0.0855. The van der Waals surface area contributed by atoms with Gasteiger partial charge in [0, 0.05) is 18.1 Å². The smallest absolute Gasteiger partial charge is 0.0281 e. The Kier molecular flexibility index (Phi) is 3.36. The van der Waals surface area contributed by atoms with Crippen LogP contribution in [-0.2, 0) is 0 Å². The van der Waals surface area contributed by atoms with Crippen molar-refractivity contribution in [3.63, 3.8) is 0 Å². The molecular formula is C13H26N2. The predicted octanol–water partition coefficient (Wildman–Crippen LogP) is 2.25. The van der Waals surface area contributed by atoms with Crippen molar-refractivity contribution in [3.8, 4) is 0 Å². The summed E-state index contributed by atoms with van der Waals surface area (Å²) in [6.07, 6.45) is 5.52. The maximum Gasteiger partial charge on any atom is 0.0281 e. The third-order valence-corrected chi connectivity index (χ3v) is 4.51. The number of piperidine rings is 1. The van der Waals surface area contributed by atoms with Crippen LogP contribution >= 0.6 is 0 Å². The minimum Gasteiger partial charge on any atom is -0.310 e.